The molecule has 1 N–H and O–H groups in total. The summed E-state index contributed by atoms with van der Waals surface area (Å²) in [6.07, 6.45) is 2.16. The molecule has 1 aliphatic carbocycles. The third-order valence-corrected chi connectivity index (χ3v) is 6.24. The average molecular weight is 442 g/mol. The molecule has 0 aliphatic heterocycles. The number of hydrogen-bond donors (Lipinski definition) is 1. The van der Waals surface area contributed by atoms with Gasteiger partial charge in [-0.3, -0.25) is 10.1 Å². The second-order valence-corrected chi connectivity index (χ2v) is 9.84. The largest absolute Gasteiger partial charge is 0.462 e. The van der Waals surface area contributed by atoms with Crippen LogP contribution in [0.1, 0.15) is 83.6 Å². The topological polar surface area (TPSA) is 99.0 Å². The highest BCUT2D eigenvalue weighted by Crippen LogP contribution is 2.41. The van der Waals surface area contributed by atoms with E-state index < -0.39 is 5.97 Å². The first-order valence-corrected chi connectivity index (χ1v) is 11.3. The van der Waals surface area contributed by atoms with Gasteiger partial charge in [0.2, 0.25) is 0 Å². The number of hydrogen-bond acceptors (Lipinski definition) is 7. The minimum atomic E-state index is -0.428. The van der Waals surface area contributed by atoms with Crippen LogP contribution in [0.25, 0.3) is 11.0 Å². The lowest BCUT2D eigenvalue weighted by molar-refractivity contribution is 0.0531. The molecule has 3 heterocycles. The van der Waals surface area contributed by atoms with Gasteiger partial charge in [-0.25, -0.2) is 19.4 Å². The Morgan fingerprint density at radius 2 is 1.94 bits per heavy atom. The molecule has 3 aromatic rings. The summed E-state index contributed by atoms with van der Waals surface area (Å²) >= 11 is 1.12. The van der Waals surface area contributed by atoms with Crippen molar-refractivity contribution in [1.29, 1.82) is 0 Å². The monoisotopic (exact) mass is 441 g/mol. The van der Waals surface area contributed by atoms with Gasteiger partial charge in [0.05, 0.1) is 34.5 Å². The van der Waals surface area contributed by atoms with Gasteiger partial charge in [-0.1, -0.05) is 11.3 Å². The van der Waals surface area contributed by atoms with Gasteiger partial charge in [-0.05, 0) is 60.5 Å². The van der Waals surface area contributed by atoms with Crippen molar-refractivity contribution >= 4 is 39.4 Å². The van der Waals surface area contributed by atoms with E-state index in [1.807, 2.05) is 17.7 Å². The van der Waals surface area contributed by atoms with Crippen LogP contribution >= 0.6 is 11.3 Å². The zero-order chi connectivity index (χ0) is 22.5. The normalized spacial score (nSPS) is 14.1. The van der Waals surface area contributed by atoms with E-state index in [1.165, 1.54) is 0 Å². The number of thiazole rings is 1. The van der Waals surface area contributed by atoms with Crippen LogP contribution in [0.15, 0.2) is 6.07 Å². The number of esters is 1. The van der Waals surface area contributed by atoms with Gasteiger partial charge in [0, 0.05) is 11.6 Å². The maximum atomic E-state index is 13.3. The van der Waals surface area contributed by atoms with Crippen molar-refractivity contribution in [2.24, 2.45) is 0 Å². The second-order valence-electron chi connectivity index (χ2n) is 8.84. The van der Waals surface area contributed by atoms with E-state index in [4.69, 9.17) is 14.8 Å². The van der Waals surface area contributed by atoms with Crippen molar-refractivity contribution in [3.8, 4) is 0 Å². The highest BCUT2D eigenvalue weighted by Gasteiger charge is 2.30. The number of carbonyl (C=O) groups excluding carboxylic acids is 2. The maximum Gasteiger partial charge on any atom is 0.350 e. The standard InChI is InChI=1S/C22H27N5O3S/c1-7-30-20(29)17-12(3)23-21(31-17)25-19(28)14-10-15(13-8-9-13)24-18-16(14)11(2)26-27(18)22(4,5)6/h10,13H,7-9H2,1-6H3,(H,23,25,28). The van der Waals surface area contributed by atoms with Gasteiger partial charge in [0.1, 0.15) is 4.88 Å². The van der Waals surface area contributed by atoms with E-state index in [0.29, 0.717) is 27.2 Å². The molecule has 0 atom stereocenters. The molecule has 1 saturated carbocycles. The van der Waals surface area contributed by atoms with Crippen LogP contribution < -0.4 is 5.32 Å². The summed E-state index contributed by atoms with van der Waals surface area (Å²) in [6, 6.07) is 1.88. The quantitative estimate of drug-likeness (QED) is 0.583. The van der Waals surface area contributed by atoms with Crippen LogP contribution in [-0.4, -0.2) is 38.2 Å². The van der Waals surface area contributed by atoms with E-state index in [1.54, 1.807) is 13.8 Å². The van der Waals surface area contributed by atoms with E-state index in [9.17, 15) is 9.59 Å². The van der Waals surface area contributed by atoms with Gasteiger partial charge in [0.15, 0.2) is 10.8 Å². The third-order valence-electron chi connectivity index (χ3n) is 5.19. The molecular formula is C22H27N5O3S. The number of pyridine rings is 1. The lowest BCUT2D eigenvalue weighted by Gasteiger charge is -2.20. The number of carbonyl (C=O) groups is 2. The number of amides is 1. The Labute approximate surface area is 185 Å². The molecule has 9 heteroatoms. The van der Waals surface area contributed by atoms with Gasteiger partial charge < -0.3 is 4.74 Å². The van der Waals surface area contributed by atoms with Crippen molar-refractivity contribution in [3.05, 3.63) is 33.6 Å². The summed E-state index contributed by atoms with van der Waals surface area (Å²) in [5.41, 5.74) is 3.20. The smallest absolute Gasteiger partial charge is 0.350 e. The molecule has 164 valence electrons. The highest BCUT2D eigenvalue weighted by molar-refractivity contribution is 7.17. The fraction of sp³-hybridized carbons (Fsp3) is 0.500. The predicted octanol–water partition coefficient (Wildman–Crippen LogP) is 4.57. The zero-order valence-electron chi connectivity index (χ0n) is 18.7. The van der Waals surface area contributed by atoms with Crippen LogP contribution in [0, 0.1) is 13.8 Å². The molecule has 1 aliphatic rings. The number of nitrogens with zero attached hydrogens (tertiary/aromatic N) is 4. The van der Waals surface area contributed by atoms with E-state index >= 15 is 0 Å². The average Bonchev–Trinajstić information content (AvgIpc) is 3.39. The Morgan fingerprint density at radius 3 is 2.55 bits per heavy atom. The first-order valence-electron chi connectivity index (χ1n) is 10.5. The molecule has 31 heavy (non-hydrogen) atoms. The SMILES string of the molecule is CCOC(=O)c1sc(NC(=O)c2cc(C3CC3)nc3c2c(C)nn3C(C)(C)C)nc1C. The van der Waals surface area contributed by atoms with Crippen LogP contribution in [0.5, 0.6) is 0 Å². The summed E-state index contributed by atoms with van der Waals surface area (Å²) in [4.78, 5) is 35.0. The molecular weight excluding hydrogens is 414 g/mol. The van der Waals surface area contributed by atoms with E-state index in [-0.39, 0.29) is 18.1 Å². The van der Waals surface area contributed by atoms with Gasteiger partial charge in [-0.2, -0.15) is 5.10 Å². The number of rotatable bonds is 5. The molecule has 0 bridgehead atoms. The molecule has 4 rings (SSSR count). The summed E-state index contributed by atoms with van der Waals surface area (Å²) in [5.74, 6) is -0.324. The van der Waals surface area contributed by atoms with Crippen molar-refractivity contribution in [3.63, 3.8) is 0 Å². The first kappa shape index (κ1) is 21.4. The Kier molecular flexibility index (Phi) is 5.33. The lowest BCUT2D eigenvalue weighted by Crippen LogP contribution is -2.23. The Morgan fingerprint density at radius 1 is 1.23 bits per heavy atom. The summed E-state index contributed by atoms with van der Waals surface area (Å²) in [6.45, 7) is 11.9. The molecule has 1 fully saturated rings. The Balaban J connectivity index is 1.75. The van der Waals surface area contributed by atoms with Crippen molar-refractivity contribution in [2.45, 2.75) is 65.8 Å². The lowest BCUT2D eigenvalue weighted by atomic mass is 10.1. The van der Waals surface area contributed by atoms with Crippen molar-refractivity contribution in [2.75, 3.05) is 11.9 Å². The fourth-order valence-electron chi connectivity index (χ4n) is 3.54. The van der Waals surface area contributed by atoms with Crippen molar-refractivity contribution in [1.82, 2.24) is 19.7 Å². The molecule has 0 unspecified atom stereocenters. The fourth-order valence-corrected chi connectivity index (χ4v) is 4.40. The summed E-state index contributed by atoms with van der Waals surface area (Å²) in [5, 5.41) is 8.67. The Hall–Kier alpha value is -2.81. The molecule has 1 amide bonds. The van der Waals surface area contributed by atoms with E-state index in [2.05, 4.69) is 31.1 Å². The number of aromatic nitrogens is 4. The van der Waals surface area contributed by atoms with Crippen LogP contribution in [-0.2, 0) is 10.3 Å². The Bertz CT molecular complexity index is 1180. The van der Waals surface area contributed by atoms with Gasteiger partial charge in [-0.15, -0.1) is 0 Å². The number of nitrogens with one attached hydrogen (secondary N) is 1. The van der Waals surface area contributed by atoms with Crippen LogP contribution in [0.2, 0.25) is 0 Å². The zero-order valence-corrected chi connectivity index (χ0v) is 19.5. The van der Waals surface area contributed by atoms with E-state index in [0.717, 1.165) is 46.6 Å². The number of anilines is 1. The summed E-state index contributed by atoms with van der Waals surface area (Å²) in [7, 11) is 0. The second kappa shape index (κ2) is 7.71. The van der Waals surface area contributed by atoms with Crippen LogP contribution in [0.3, 0.4) is 0 Å². The minimum Gasteiger partial charge on any atom is -0.462 e. The number of fused-ring (bicyclic) bond motifs is 1. The minimum absolute atomic E-state index is 0.267. The number of aryl methyl sites for hydroxylation is 2. The summed E-state index contributed by atoms with van der Waals surface area (Å²) < 4.78 is 6.96. The van der Waals surface area contributed by atoms with Gasteiger partial charge in [0.25, 0.3) is 5.91 Å². The van der Waals surface area contributed by atoms with Crippen molar-refractivity contribution < 1.29 is 14.3 Å². The predicted molar refractivity (Wildman–Crippen MR) is 120 cm³/mol. The number of ether oxygens (including phenoxy) is 1. The van der Waals surface area contributed by atoms with Crippen LogP contribution in [0.4, 0.5) is 5.13 Å². The molecule has 0 saturated heterocycles. The molecule has 0 spiro atoms. The molecule has 0 radical (unpaired) electrons. The van der Waals surface area contributed by atoms with Gasteiger partial charge >= 0.3 is 5.97 Å². The molecule has 8 nitrogen and oxygen atoms in total. The third kappa shape index (κ3) is 4.06. The first-order chi connectivity index (χ1) is 14.6. The molecule has 0 aromatic carbocycles. The highest BCUT2D eigenvalue weighted by atomic mass is 32.1. The molecule has 3 aromatic heterocycles. The maximum absolute atomic E-state index is 13.3.